The van der Waals surface area contributed by atoms with E-state index < -0.39 is 27.8 Å². The summed E-state index contributed by atoms with van der Waals surface area (Å²) in [7, 11) is -2.08. The van der Waals surface area contributed by atoms with Gasteiger partial charge in [-0.05, 0) is 31.0 Å². The van der Waals surface area contributed by atoms with Gasteiger partial charge in [-0.25, -0.2) is 17.8 Å². The largest absolute Gasteiger partial charge is 0.342 e. The van der Waals surface area contributed by atoms with Crippen LogP contribution in [0, 0.1) is 23.1 Å². The van der Waals surface area contributed by atoms with Crippen molar-refractivity contribution in [3.63, 3.8) is 0 Å². The van der Waals surface area contributed by atoms with E-state index >= 15 is 0 Å². The van der Waals surface area contributed by atoms with Crippen molar-refractivity contribution in [1.29, 1.82) is 5.26 Å². The number of nitriles is 1. The Kier molecular flexibility index (Phi) is 6.77. The van der Waals surface area contributed by atoms with Gasteiger partial charge < -0.3 is 9.88 Å². The Morgan fingerprint density at radius 3 is 2.50 bits per heavy atom. The van der Waals surface area contributed by atoms with Crippen molar-refractivity contribution in [2.24, 2.45) is 13.0 Å². The molecule has 3 aromatic rings. The van der Waals surface area contributed by atoms with Crippen molar-refractivity contribution in [2.45, 2.75) is 23.8 Å². The van der Waals surface area contributed by atoms with Gasteiger partial charge >= 0.3 is 0 Å². The van der Waals surface area contributed by atoms with Crippen molar-refractivity contribution in [3.8, 4) is 6.07 Å². The normalized spacial score (nSPS) is 16.0. The van der Waals surface area contributed by atoms with Gasteiger partial charge in [0.25, 0.3) is 0 Å². The number of sulfonamides is 1. The van der Waals surface area contributed by atoms with E-state index in [-0.39, 0.29) is 29.5 Å². The second-order valence-corrected chi connectivity index (χ2v) is 10.1. The highest BCUT2D eigenvalue weighted by Crippen LogP contribution is 2.28. The quantitative estimate of drug-likeness (QED) is 0.583. The van der Waals surface area contributed by atoms with E-state index in [2.05, 4.69) is 10.3 Å². The van der Waals surface area contributed by atoms with Gasteiger partial charge in [0.2, 0.25) is 15.9 Å². The molecule has 1 atom stereocenters. The third-order valence-corrected chi connectivity index (χ3v) is 8.03. The van der Waals surface area contributed by atoms with Crippen LogP contribution >= 0.6 is 0 Å². The molecular formula is C24H24FN5O3S. The molecule has 1 aliphatic rings. The van der Waals surface area contributed by atoms with Gasteiger partial charge in [0.15, 0.2) is 0 Å². The SMILES string of the molecule is Cn1ccnc1C(NC(=O)C1CCN(S(=O)(=O)c2ccccc2C#N)CC1)c1ccccc1F. The lowest BCUT2D eigenvalue weighted by molar-refractivity contribution is -0.126. The second-order valence-electron chi connectivity index (χ2n) is 8.15. The number of nitrogens with one attached hydrogen (secondary N) is 1. The Labute approximate surface area is 197 Å². The summed E-state index contributed by atoms with van der Waals surface area (Å²) in [5.41, 5.74) is 0.392. The molecule has 0 aliphatic carbocycles. The molecule has 0 saturated carbocycles. The average Bonchev–Trinajstić information content (AvgIpc) is 3.28. The summed E-state index contributed by atoms with van der Waals surface area (Å²) in [6.07, 6.45) is 3.92. The molecule has 1 unspecified atom stereocenters. The lowest BCUT2D eigenvalue weighted by Crippen LogP contribution is -2.44. The van der Waals surface area contributed by atoms with Crippen molar-refractivity contribution in [1.82, 2.24) is 19.2 Å². The van der Waals surface area contributed by atoms with E-state index in [1.54, 1.807) is 54.3 Å². The summed E-state index contributed by atoms with van der Waals surface area (Å²) in [4.78, 5) is 17.4. The molecule has 10 heteroatoms. The second kappa shape index (κ2) is 9.75. The minimum absolute atomic E-state index is 0.0326. The topological polar surface area (TPSA) is 108 Å². The van der Waals surface area contributed by atoms with Crippen LogP contribution < -0.4 is 5.32 Å². The highest BCUT2D eigenvalue weighted by molar-refractivity contribution is 7.89. The van der Waals surface area contributed by atoms with Crippen LogP contribution in [0.1, 0.15) is 35.8 Å². The zero-order valence-corrected chi connectivity index (χ0v) is 19.4. The number of amides is 1. The van der Waals surface area contributed by atoms with Gasteiger partial charge in [0.05, 0.1) is 10.5 Å². The van der Waals surface area contributed by atoms with Gasteiger partial charge in [-0.2, -0.15) is 9.57 Å². The zero-order chi connectivity index (χ0) is 24.3. The van der Waals surface area contributed by atoms with Crippen LogP contribution in [-0.2, 0) is 21.9 Å². The molecule has 176 valence electrons. The third kappa shape index (κ3) is 4.58. The first-order valence-electron chi connectivity index (χ1n) is 10.8. The number of hydrogen-bond donors (Lipinski definition) is 1. The first-order valence-corrected chi connectivity index (χ1v) is 12.3. The predicted molar refractivity (Wildman–Crippen MR) is 122 cm³/mol. The fraction of sp³-hybridized carbons (Fsp3) is 0.292. The van der Waals surface area contributed by atoms with Crippen LogP contribution in [0.25, 0.3) is 0 Å². The smallest absolute Gasteiger partial charge is 0.244 e. The highest BCUT2D eigenvalue weighted by Gasteiger charge is 2.34. The first-order chi connectivity index (χ1) is 16.3. The summed E-state index contributed by atoms with van der Waals surface area (Å²) < 4.78 is 43.7. The van der Waals surface area contributed by atoms with Crippen molar-refractivity contribution < 1.29 is 17.6 Å². The lowest BCUT2D eigenvalue weighted by Gasteiger charge is -2.31. The Morgan fingerprint density at radius 2 is 1.85 bits per heavy atom. The molecule has 34 heavy (non-hydrogen) atoms. The molecule has 2 heterocycles. The number of rotatable bonds is 6. The zero-order valence-electron chi connectivity index (χ0n) is 18.6. The molecular weight excluding hydrogens is 457 g/mol. The van der Waals surface area contributed by atoms with Crippen molar-refractivity contribution in [3.05, 3.63) is 83.7 Å². The van der Waals surface area contributed by atoms with Crippen LogP contribution in [-0.4, -0.2) is 41.3 Å². The molecule has 1 N–H and O–H groups in total. The van der Waals surface area contributed by atoms with Crippen LogP contribution in [0.2, 0.25) is 0 Å². The molecule has 8 nitrogen and oxygen atoms in total. The van der Waals surface area contributed by atoms with Crippen molar-refractivity contribution in [2.75, 3.05) is 13.1 Å². The monoisotopic (exact) mass is 481 g/mol. The Bertz CT molecular complexity index is 1340. The van der Waals surface area contributed by atoms with E-state index in [1.165, 1.54) is 22.5 Å². The number of benzene rings is 2. The van der Waals surface area contributed by atoms with E-state index in [1.807, 2.05) is 6.07 Å². The summed E-state index contributed by atoms with van der Waals surface area (Å²) in [5.74, 6) is -0.683. The molecule has 1 fully saturated rings. The van der Waals surface area contributed by atoms with E-state index in [0.717, 1.165) is 0 Å². The number of aromatic nitrogens is 2. The predicted octanol–water partition coefficient (Wildman–Crippen LogP) is 2.74. The van der Waals surface area contributed by atoms with Crippen LogP contribution in [0.15, 0.2) is 65.8 Å². The number of imidazole rings is 1. The van der Waals surface area contributed by atoms with Gasteiger partial charge in [0.1, 0.15) is 23.8 Å². The fourth-order valence-electron chi connectivity index (χ4n) is 4.19. The van der Waals surface area contributed by atoms with Gasteiger partial charge in [-0.1, -0.05) is 30.3 Å². The van der Waals surface area contributed by atoms with Gasteiger partial charge in [-0.15, -0.1) is 0 Å². The van der Waals surface area contributed by atoms with Crippen molar-refractivity contribution >= 4 is 15.9 Å². The third-order valence-electron chi connectivity index (χ3n) is 6.07. The van der Waals surface area contributed by atoms with Gasteiger partial charge in [0, 0.05) is 44.0 Å². The highest BCUT2D eigenvalue weighted by atomic mass is 32.2. The lowest BCUT2D eigenvalue weighted by atomic mass is 9.96. The maximum atomic E-state index is 14.6. The van der Waals surface area contributed by atoms with Gasteiger partial charge in [-0.3, -0.25) is 4.79 Å². The molecule has 0 radical (unpaired) electrons. The summed E-state index contributed by atoms with van der Waals surface area (Å²) >= 11 is 0. The Hall–Kier alpha value is -3.55. The maximum Gasteiger partial charge on any atom is 0.244 e. The molecule has 1 aromatic heterocycles. The van der Waals surface area contributed by atoms with E-state index in [9.17, 15) is 22.9 Å². The summed E-state index contributed by atoms with van der Waals surface area (Å²) in [6, 6.07) is 13.4. The number of halogens is 1. The summed E-state index contributed by atoms with van der Waals surface area (Å²) in [6.45, 7) is 0.292. The maximum absolute atomic E-state index is 14.6. The Morgan fingerprint density at radius 1 is 1.18 bits per heavy atom. The molecule has 1 saturated heterocycles. The summed E-state index contributed by atoms with van der Waals surface area (Å²) in [5, 5.41) is 12.2. The average molecular weight is 482 g/mol. The van der Waals surface area contributed by atoms with Crippen LogP contribution in [0.5, 0.6) is 0 Å². The minimum Gasteiger partial charge on any atom is -0.342 e. The molecule has 1 amide bonds. The van der Waals surface area contributed by atoms with Crippen LogP contribution in [0.4, 0.5) is 4.39 Å². The number of nitrogens with zero attached hydrogens (tertiary/aromatic N) is 4. The number of carbonyl (C=O) groups excluding carboxylic acids is 1. The molecule has 0 spiro atoms. The molecule has 1 aliphatic heterocycles. The number of piperidine rings is 1. The Balaban J connectivity index is 1.49. The number of hydrogen-bond acceptors (Lipinski definition) is 5. The standard InChI is InChI=1S/C24H24FN5O3S/c1-29-15-12-27-23(29)22(19-7-3-4-8-20(19)25)28-24(31)17-10-13-30(14-11-17)34(32,33)21-9-5-2-6-18(21)16-26/h2-9,12,15,17,22H,10-11,13-14H2,1H3,(H,28,31). The first kappa shape index (κ1) is 23.6. The molecule has 0 bridgehead atoms. The van der Waals surface area contributed by atoms with E-state index in [4.69, 9.17) is 0 Å². The van der Waals surface area contributed by atoms with Crippen LogP contribution in [0.3, 0.4) is 0 Å². The number of carbonyl (C=O) groups is 1. The molecule has 4 rings (SSSR count). The fourth-order valence-corrected chi connectivity index (χ4v) is 5.80. The minimum atomic E-state index is -3.85. The van der Waals surface area contributed by atoms with E-state index in [0.29, 0.717) is 24.2 Å². The molecule has 2 aromatic carbocycles. The number of aryl methyl sites for hydroxylation is 1.